The molecule has 4 aromatic rings. The molecule has 0 aliphatic heterocycles. The third kappa shape index (κ3) is 4.92. The van der Waals surface area contributed by atoms with E-state index in [0.29, 0.717) is 12.2 Å². The second kappa shape index (κ2) is 10.0. The lowest BCUT2D eigenvalue weighted by molar-refractivity contribution is -0.128. The largest absolute Gasteiger partial charge is 0.497 e. The molecule has 4 aromatic carbocycles. The van der Waals surface area contributed by atoms with Gasteiger partial charge < -0.3 is 14.8 Å². The van der Waals surface area contributed by atoms with E-state index < -0.39 is 6.10 Å². The number of hydrogen-bond acceptors (Lipinski definition) is 3. The Hall–Kier alpha value is -3.79. The maximum atomic E-state index is 13.3. The van der Waals surface area contributed by atoms with Crippen molar-refractivity contribution < 1.29 is 14.3 Å². The molecule has 4 heteroatoms. The number of methoxy groups -OCH3 is 1. The van der Waals surface area contributed by atoms with Crippen LogP contribution >= 0.6 is 0 Å². The van der Waals surface area contributed by atoms with Crippen LogP contribution in [0.4, 0.5) is 0 Å². The van der Waals surface area contributed by atoms with E-state index in [9.17, 15) is 4.79 Å². The molecule has 0 saturated carbocycles. The molecule has 0 fully saturated rings. The van der Waals surface area contributed by atoms with Crippen molar-refractivity contribution in [2.24, 2.45) is 0 Å². The number of rotatable bonds is 8. The van der Waals surface area contributed by atoms with Crippen molar-refractivity contribution in [2.45, 2.75) is 25.5 Å². The van der Waals surface area contributed by atoms with Gasteiger partial charge in [0, 0.05) is 0 Å². The van der Waals surface area contributed by atoms with E-state index in [4.69, 9.17) is 9.47 Å². The molecule has 162 valence electrons. The molecule has 0 saturated heterocycles. The first-order valence-electron chi connectivity index (χ1n) is 10.8. The zero-order valence-corrected chi connectivity index (χ0v) is 18.3. The number of ether oxygens (including phenoxy) is 2. The van der Waals surface area contributed by atoms with Crippen molar-refractivity contribution in [3.05, 3.63) is 108 Å². The molecule has 0 heterocycles. The number of benzene rings is 4. The monoisotopic (exact) mass is 425 g/mol. The lowest BCUT2D eigenvalue weighted by Crippen LogP contribution is -2.40. The fourth-order valence-corrected chi connectivity index (χ4v) is 3.76. The van der Waals surface area contributed by atoms with Gasteiger partial charge >= 0.3 is 0 Å². The number of hydrogen-bond donors (Lipinski definition) is 1. The second-order valence-corrected chi connectivity index (χ2v) is 7.65. The summed E-state index contributed by atoms with van der Waals surface area (Å²) >= 11 is 0. The predicted molar refractivity (Wildman–Crippen MR) is 128 cm³/mol. The Labute approximate surface area is 188 Å². The van der Waals surface area contributed by atoms with Crippen LogP contribution in [0.2, 0.25) is 0 Å². The van der Waals surface area contributed by atoms with Crippen LogP contribution in [0.15, 0.2) is 97.1 Å². The molecular formula is C28H27NO3. The Kier molecular flexibility index (Phi) is 6.71. The maximum Gasteiger partial charge on any atom is 0.261 e. The summed E-state index contributed by atoms with van der Waals surface area (Å²) < 4.78 is 11.4. The average molecular weight is 426 g/mol. The fraction of sp³-hybridized carbons (Fsp3) is 0.179. The number of amides is 1. The molecule has 1 N–H and O–H groups in total. The number of fused-ring (bicyclic) bond motifs is 1. The summed E-state index contributed by atoms with van der Waals surface area (Å²) in [4.78, 5) is 13.3. The van der Waals surface area contributed by atoms with Gasteiger partial charge in [-0.05, 0) is 52.6 Å². The summed E-state index contributed by atoms with van der Waals surface area (Å²) in [7, 11) is 1.64. The van der Waals surface area contributed by atoms with E-state index >= 15 is 0 Å². The van der Waals surface area contributed by atoms with Crippen molar-refractivity contribution in [3.8, 4) is 11.5 Å². The van der Waals surface area contributed by atoms with Crippen LogP contribution in [0.1, 0.15) is 30.5 Å². The lowest BCUT2D eigenvalue weighted by Gasteiger charge is -2.24. The maximum absolute atomic E-state index is 13.3. The normalized spacial score (nSPS) is 12.7. The third-order valence-corrected chi connectivity index (χ3v) is 5.53. The van der Waals surface area contributed by atoms with Gasteiger partial charge in [0.05, 0.1) is 13.2 Å². The first kappa shape index (κ1) is 21.4. The van der Waals surface area contributed by atoms with Crippen molar-refractivity contribution in [2.75, 3.05) is 7.11 Å². The highest BCUT2D eigenvalue weighted by molar-refractivity contribution is 5.84. The molecule has 0 aliphatic carbocycles. The summed E-state index contributed by atoms with van der Waals surface area (Å²) in [5.41, 5.74) is 1.98. The molecule has 0 spiro atoms. The minimum absolute atomic E-state index is 0.148. The Morgan fingerprint density at radius 1 is 0.781 bits per heavy atom. The fourth-order valence-electron chi connectivity index (χ4n) is 3.76. The van der Waals surface area contributed by atoms with Crippen molar-refractivity contribution in [1.82, 2.24) is 5.32 Å². The highest BCUT2D eigenvalue weighted by atomic mass is 16.5. The number of carbonyl (C=O) groups is 1. The van der Waals surface area contributed by atoms with Crippen molar-refractivity contribution in [3.63, 3.8) is 0 Å². The van der Waals surface area contributed by atoms with Crippen LogP contribution in [-0.2, 0) is 4.79 Å². The molecule has 1 amide bonds. The number of carbonyl (C=O) groups excluding carboxylic acids is 1. The molecule has 32 heavy (non-hydrogen) atoms. The van der Waals surface area contributed by atoms with Crippen LogP contribution in [0.5, 0.6) is 11.5 Å². The van der Waals surface area contributed by atoms with E-state index in [1.165, 1.54) is 0 Å². The van der Waals surface area contributed by atoms with Crippen LogP contribution in [0.25, 0.3) is 10.8 Å². The predicted octanol–water partition coefficient (Wildman–Crippen LogP) is 5.91. The van der Waals surface area contributed by atoms with Gasteiger partial charge in [0.2, 0.25) is 0 Å². The Morgan fingerprint density at radius 3 is 2.09 bits per heavy atom. The van der Waals surface area contributed by atoms with E-state index in [1.807, 2.05) is 97.9 Å². The lowest BCUT2D eigenvalue weighted by atomic mass is 9.98. The second-order valence-electron chi connectivity index (χ2n) is 7.65. The molecule has 4 nitrogen and oxygen atoms in total. The topological polar surface area (TPSA) is 47.6 Å². The van der Waals surface area contributed by atoms with Crippen LogP contribution in [0.3, 0.4) is 0 Å². The van der Waals surface area contributed by atoms with E-state index in [1.54, 1.807) is 7.11 Å². The Morgan fingerprint density at radius 2 is 1.41 bits per heavy atom. The zero-order valence-electron chi connectivity index (χ0n) is 18.3. The quantitative estimate of drug-likeness (QED) is 0.382. The highest BCUT2D eigenvalue weighted by Gasteiger charge is 2.24. The first-order chi connectivity index (χ1) is 15.7. The SMILES string of the molecule is CC[C@H](Oc1ccc2ccccc2c1)C(=O)N[C@@H](c1ccccc1)c1ccc(OC)cc1. The number of nitrogens with one attached hydrogen (secondary N) is 1. The molecule has 0 aliphatic rings. The van der Waals surface area contributed by atoms with Gasteiger partial charge in [-0.2, -0.15) is 0 Å². The summed E-state index contributed by atoms with van der Waals surface area (Å²) in [6.07, 6.45) is -0.0383. The molecule has 4 rings (SSSR count). The van der Waals surface area contributed by atoms with E-state index in [0.717, 1.165) is 27.6 Å². The smallest absolute Gasteiger partial charge is 0.261 e. The van der Waals surface area contributed by atoms with Crippen molar-refractivity contribution in [1.29, 1.82) is 0 Å². The van der Waals surface area contributed by atoms with Gasteiger partial charge in [-0.3, -0.25) is 4.79 Å². The van der Waals surface area contributed by atoms with Gasteiger partial charge in [0.25, 0.3) is 5.91 Å². The first-order valence-corrected chi connectivity index (χ1v) is 10.8. The highest BCUT2D eigenvalue weighted by Crippen LogP contribution is 2.26. The summed E-state index contributed by atoms with van der Waals surface area (Å²) in [6, 6.07) is 31.4. The van der Waals surface area contributed by atoms with Gasteiger partial charge in [-0.25, -0.2) is 0 Å². The molecule has 0 bridgehead atoms. The third-order valence-electron chi connectivity index (χ3n) is 5.53. The van der Waals surface area contributed by atoms with Crippen LogP contribution in [0, 0.1) is 0 Å². The van der Waals surface area contributed by atoms with Crippen LogP contribution < -0.4 is 14.8 Å². The average Bonchev–Trinajstić information content (AvgIpc) is 2.86. The van der Waals surface area contributed by atoms with Crippen LogP contribution in [-0.4, -0.2) is 19.1 Å². The van der Waals surface area contributed by atoms with Gasteiger partial charge in [0.1, 0.15) is 11.5 Å². The van der Waals surface area contributed by atoms with Gasteiger partial charge in [-0.1, -0.05) is 79.7 Å². The molecule has 0 aromatic heterocycles. The van der Waals surface area contributed by atoms with E-state index in [2.05, 4.69) is 11.4 Å². The van der Waals surface area contributed by atoms with Gasteiger partial charge in [-0.15, -0.1) is 0 Å². The molecular weight excluding hydrogens is 398 g/mol. The van der Waals surface area contributed by atoms with E-state index in [-0.39, 0.29) is 11.9 Å². The molecule has 0 radical (unpaired) electrons. The summed E-state index contributed by atoms with van der Waals surface area (Å²) in [5, 5.41) is 5.41. The molecule has 2 atom stereocenters. The Bertz CT molecular complexity index is 1170. The molecule has 0 unspecified atom stereocenters. The summed E-state index contributed by atoms with van der Waals surface area (Å²) in [5.74, 6) is 1.31. The standard InChI is InChI=1S/C28H27NO3/c1-3-26(32-25-18-13-20-9-7-8-12-23(20)19-25)28(30)29-27(21-10-5-4-6-11-21)22-14-16-24(31-2)17-15-22/h4-19,26-27H,3H2,1-2H3,(H,29,30)/t26-,27-/m0/s1. The Balaban J connectivity index is 1.56. The summed E-state index contributed by atoms with van der Waals surface area (Å²) in [6.45, 7) is 1.95. The van der Waals surface area contributed by atoms with Crippen molar-refractivity contribution >= 4 is 16.7 Å². The zero-order chi connectivity index (χ0) is 22.3. The minimum atomic E-state index is -0.597. The minimum Gasteiger partial charge on any atom is -0.497 e. The van der Waals surface area contributed by atoms with Gasteiger partial charge in [0.15, 0.2) is 6.10 Å².